The van der Waals surface area contributed by atoms with Gasteiger partial charge in [0.2, 0.25) is 5.91 Å². The number of carbonyl (C=O) groups excluding carboxylic acids is 2. The van der Waals surface area contributed by atoms with Crippen LogP contribution in [-0.2, 0) is 11.2 Å². The van der Waals surface area contributed by atoms with Gasteiger partial charge in [0.15, 0.2) is 0 Å². The molecule has 0 aliphatic rings. The number of hydrogen-bond donors (Lipinski definition) is 2. The zero-order chi connectivity index (χ0) is 16.7. The highest BCUT2D eigenvalue weighted by Gasteiger charge is 2.12. The van der Waals surface area contributed by atoms with Gasteiger partial charge >= 0.3 is 0 Å². The lowest BCUT2D eigenvalue weighted by atomic mass is 10.1. The van der Waals surface area contributed by atoms with Crippen LogP contribution in [0.5, 0.6) is 0 Å². The van der Waals surface area contributed by atoms with E-state index >= 15 is 0 Å². The van der Waals surface area contributed by atoms with E-state index in [1.165, 1.54) is 0 Å². The molecule has 120 valence electrons. The van der Waals surface area contributed by atoms with Crippen LogP contribution in [0.25, 0.3) is 0 Å². The molecule has 2 amide bonds. The number of hydrogen-bond acceptors (Lipinski definition) is 2. The predicted molar refractivity (Wildman–Crippen MR) is 92.9 cm³/mol. The number of nitrogens with one attached hydrogen (secondary N) is 2. The van der Waals surface area contributed by atoms with Crippen molar-refractivity contribution in [1.82, 2.24) is 5.32 Å². The van der Waals surface area contributed by atoms with E-state index in [9.17, 15) is 9.59 Å². The van der Waals surface area contributed by atoms with Gasteiger partial charge in [0.1, 0.15) is 0 Å². The highest BCUT2D eigenvalue weighted by molar-refractivity contribution is 6.30. The molecule has 2 N–H and O–H groups in total. The average Bonchev–Trinajstić information content (AvgIpc) is 2.55. The van der Waals surface area contributed by atoms with Crippen LogP contribution >= 0.6 is 11.6 Å². The van der Waals surface area contributed by atoms with Gasteiger partial charge in [-0.3, -0.25) is 9.59 Å². The Bertz CT molecular complexity index is 684. The van der Waals surface area contributed by atoms with E-state index in [0.29, 0.717) is 22.8 Å². The van der Waals surface area contributed by atoms with Crippen molar-refractivity contribution in [2.24, 2.45) is 0 Å². The minimum absolute atomic E-state index is 0.178. The van der Waals surface area contributed by atoms with Gasteiger partial charge in [0, 0.05) is 11.6 Å². The molecule has 0 aliphatic heterocycles. The van der Waals surface area contributed by atoms with Crippen molar-refractivity contribution in [3.8, 4) is 0 Å². The van der Waals surface area contributed by atoms with Crippen molar-refractivity contribution >= 4 is 29.1 Å². The maximum absolute atomic E-state index is 12.2. The van der Waals surface area contributed by atoms with E-state index in [0.717, 1.165) is 12.0 Å². The lowest BCUT2D eigenvalue weighted by Crippen LogP contribution is -2.26. The SMILES string of the molecule is CCCNC(=O)c1ccccc1NC(=O)Cc1ccc(Cl)cc1. The summed E-state index contributed by atoms with van der Waals surface area (Å²) in [5.41, 5.74) is 1.84. The molecule has 23 heavy (non-hydrogen) atoms. The molecule has 0 saturated heterocycles. The van der Waals surface area contributed by atoms with Crippen molar-refractivity contribution in [3.05, 3.63) is 64.7 Å². The Hall–Kier alpha value is -2.33. The van der Waals surface area contributed by atoms with Crippen LogP contribution < -0.4 is 10.6 Å². The number of anilines is 1. The standard InChI is InChI=1S/C18H19ClN2O2/c1-2-11-20-18(23)15-5-3-4-6-16(15)21-17(22)12-13-7-9-14(19)10-8-13/h3-10H,2,11-12H2,1H3,(H,20,23)(H,21,22). The summed E-state index contributed by atoms with van der Waals surface area (Å²) in [7, 11) is 0. The second-order valence-corrected chi connectivity index (χ2v) is 5.59. The zero-order valence-electron chi connectivity index (χ0n) is 12.9. The summed E-state index contributed by atoms with van der Waals surface area (Å²) in [5, 5.41) is 6.24. The number of para-hydroxylation sites is 1. The summed E-state index contributed by atoms with van der Waals surface area (Å²) < 4.78 is 0. The molecule has 0 bridgehead atoms. The van der Waals surface area contributed by atoms with Crippen LogP contribution in [0.2, 0.25) is 5.02 Å². The van der Waals surface area contributed by atoms with Gasteiger partial charge in [0.05, 0.1) is 17.7 Å². The fourth-order valence-electron chi connectivity index (χ4n) is 2.11. The topological polar surface area (TPSA) is 58.2 Å². The van der Waals surface area contributed by atoms with Crippen LogP contribution in [0.3, 0.4) is 0 Å². The largest absolute Gasteiger partial charge is 0.352 e. The Morgan fingerprint density at radius 3 is 2.43 bits per heavy atom. The average molecular weight is 331 g/mol. The van der Waals surface area contributed by atoms with Crippen molar-refractivity contribution in [2.75, 3.05) is 11.9 Å². The third-order valence-corrected chi connectivity index (χ3v) is 3.51. The molecule has 2 aromatic rings. The van der Waals surface area contributed by atoms with Gasteiger partial charge in [-0.05, 0) is 36.2 Å². The highest BCUT2D eigenvalue weighted by Crippen LogP contribution is 2.16. The number of amides is 2. The first-order chi connectivity index (χ1) is 11.1. The van der Waals surface area contributed by atoms with Crippen molar-refractivity contribution in [1.29, 1.82) is 0 Å². The lowest BCUT2D eigenvalue weighted by Gasteiger charge is -2.11. The first-order valence-electron chi connectivity index (χ1n) is 7.51. The molecule has 0 aliphatic carbocycles. The van der Waals surface area contributed by atoms with Gasteiger partial charge in [0.25, 0.3) is 5.91 Å². The van der Waals surface area contributed by atoms with E-state index in [4.69, 9.17) is 11.6 Å². The highest BCUT2D eigenvalue weighted by atomic mass is 35.5. The third kappa shape index (κ3) is 5.11. The zero-order valence-corrected chi connectivity index (χ0v) is 13.7. The predicted octanol–water partition coefficient (Wildman–Crippen LogP) is 3.66. The van der Waals surface area contributed by atoms with E-state index in [2.05, 4.69) is 10.6 Å². The lowest BCUT2D eigenvalue weighted by molar-refractivity contribution is -0.115. The second kappa shape index (κ2) is 8.34. The number of benzene rings is 2. The third-order valence-electron chi connectivity index (χ3n) is 3.26. The van der Waals surface area contributed by atoms with Crippen LogP contribution in [0.15, 0.2) is 48.5 Å². The molecule has 5 heteroatoms. The van der Waals surface area contributed by atoms with Gasteiger partial charge in [-0.25, -0.2) is 0 Å². The van der Waals surface area contributed by atoms with Crippen molar-refractivity contribution in [3.63, 3.8) is 0 Å². The first kappa shape index (κ1) is 17.0. The van der Waals surface area contributed by atoms with Gasteiger partial charge in [-0.2, -0.15) is 0 Å². The Kier molecular flexibility index (Phi) is 6.18. The Morgan fingerprint density at radius 1 is 1.04 bits per heavy atom. The second-order valence-electron chi connectivity index (χ2n) is 5.15. The molecule has 0 unspecified atom stereocenters. The summed E-state index contributed by atoms with van der Waals surface area (Å²) in [6.07, 6.45) is 1.08. The van der Waals surface area contributed by atoms with Gasteiger partial charge < -0.3 is 10.6 Å². The van der Waals surface area contributed by atoms with E-state index in [1.807, 2.05) is 19.1 Å². The maximum Gasteiger partial charge on any atom is 0.253 e. The molecular formula is C18H19ClN2O2. The quantitative estimate of drug-likeness (QED) is 0.849. The maximum atomic E-state index is 12.2. The molecule has 0 spiro atoms. The monoisotopic (exact) mass is 330 g/mol. The normalized spacial score (nSPS) is 10.2. The molecule has 2 aromatic carbocycles. The molecule has 0 aromatic heterocycles. The molecule has 4 nitrogen and oxygen atoms in total. The minimum Gasteiger partial charge on any atom is -0.352 e. The summed E-state index contributed by atoms with van der Waals surface area (Å²) in [6, 6.07) is 14.1. The van der Waals surface area contributed by atoms with Crippen LogP contribution in [-0.4, -0.2) is 18.4 Å². The Morgan fingerprint density at radius 2 is 1.74 bits per heavy atom. The number of carbonyl (C=O) groups is 2. The summed E-state index contributed by atoms with van der Waals surface area (Å²) >= 11 is 5.83. The van der Waals surface area contributed by atoms with Crippen molar-refractivity contribution < 1.29 is 9.59 Å². The van der Waals surface area contributed by atoms with Gasteiger partial charge in [-0.15, -0.1) is 0 Å². The molecular weight excluding hydrogens is 312 g/mol. The molecule has 0 fully saturated rings. The number of rotatable bonds is 6. The smallest absolute Gasteiger partial charge is 0.253 e. The molecule has 0 radical (unpaired) electrons. The van der Waals surface area contributed by atoms with Gasteiger partial charge in [-0.1, -0.05) is 42.8 Å². The Labute approximate surface area is 140 Å². The molecule has 0 heterocycles. The summed E-state index contributed by atoms with van der Waals surface area (Å²) in [4.78, 5) is 24.3. The molecule has 2 rings (SSSR count). The molecule has 0 saturated carbocycles. The summed E-state index contributed by atoms with van der Waals surface area (Å²) in [6.45, 7) is 2.59. The Balaban J connectivity index is 2.05. The van der Waals surface area contributed by atoms with E-state index < -0.39 is 0 Å². The fraction of sp³-hybridized carbons (Fsp3) is 0.222. The summed E-state index contributed by atoms with van der Waals surface area (Å²) in [5.74, 6) is -0.364. The van der Waals surface area contributed by atoms with Crippen LogP contribution in [0.4, 0.5) is 5.69 Å². The van der Waals surface area contributed by atoms with Crippen LogP contribution in [0.1, 0.15) is 29.3 Å². The first-order valence-corrected chi connectivity index (χ1v) is 7.89. The molecule has 0 atom stereocenters. The number of halogens is 1. The van der Waals surface area contributed by atoms with Crippen molar-refractivity contribution in [2.45, 2.75) is 19.8 Å². The fourth-order valence-corrected chi connectivity index (χ4v) is 2.23. The van der Waals surface area contributed by atoms with E-state index in [-0.39, 0.29) is 18.2 Å². The van der Waals surface area contributed by atoms with E-state index in [1.54, 1.807) is 36.4 Å². The minimum atomic E-state index is -0.186. The van der Waals surface area contributed by atoms with Crippen LogP contribution in [0, 0.1) is 0 Å².